The highest BCUT2D eigenvalue weighted by Gasteiger charge is 2.35. The van der Waals surface area contributed by atoms with Crippen LogP contribution in [0.4, 0.5) is 17.5 Å². The van der Waals surface area contributed by atoms with Crippen molar-refractivity contribution >= 4 is 29.3 Å². The summed E-state index contributed by atoms with van der Waals surface area (Å²) in [5.74, 6) is -0.0548. The van der Waals surface area contributed by atoms with Gasteiger partial charge < -0.3 is 15.5 Å². The number of benzene rings is 2. The van der Waals surface area contributed by atoms with E-state index in [0.29, 0.717) is 23.5 Å². The van der Waals surface area contributed by atoms with Crippen LogP contribution in [0.5, 0.6) is 0 Å². The Bertz CT molecular complexity index is 1330. The maximum Gasteiger partial charge on any atom is 0.258 e. The van der Waals surface area contributed by atoms with E-state index in [1.54, 1.807) is 0 Å². The molecule has 2 aliphatic heterocycles. The van der Waals surface area contributed by atoms with Crippen LogP contribution in [-0.4, -0.2) is 34.9 Å². The van der Waals surface area contributed by atoms with E-state index in [9.17, 15) is 14.4 Å². The monoisotopic (exact) mass is 499 g/mol. The average molecular weight is 500 g/mol. The first-order valence-electron chi connectivity index (χ1n) is 13.0. The van der Waals surface area contributed by atoms with Gasteiger partial charge in [0.2, 0.25) is 17.8 Å². The third kappa shape index (κ3) is 5.58. The van der Waals surface area contributed by atoms with Gasteiger partial charge in [0.05, 0.1) is 11.5 Å². The van der Waals surface area contributed by atoms with Crippen LogP contribution in [0, 0.1) is 5.92 Å². The Hall–Kier alpha value is -3.94. The summed E-state index contributed by atoms with van der Waals surface area (Å²) < 4.78 is 0. The summed E-state index contributed by atoms with van der Waals surface area (Å²) in [5.41, 5.74) is 2.95. The number of carbonyl (C=O) groups is 2. The van der Waals surface area contributed by atoms with E-state index in [0.717, 1.165) is 37.9 Å². The van der Waals surface area contributed by atoms with E-state index >= 15 is 0 Å². The smallest absolute Gasteiger partial charge is 0.258 e. The molecule has 2 amide bonds. The minimum Gasteiger partial charge on any atom is -0.342 e. The maximum atomic E-state index is 13.2. The molecule has 1 saturated heterocycles. The van der Waals surface area contributed by atoms with Gasteiger partial charge in [-0.3, -0.25) is 19.4 Å². The zero-order valence-corrected chi connectivity index (χ0v) is 21.3. The topological polar surface area (TPSA) is 107 Å². The first kappa shape index (κ1) is 24.7. The predicted octanol–water partition coefficient (Wildman–Crippen LogP) is 4.42. The fraction of sp³-hybridized carbons (Fsp3) is 0.379. The molecule has 1 fully saturated rings. The number of anilines is 3. The van der Waals surface area contributed by atoms with Crippen molar-refractivity contribution in [1.82, 2.24) is 9.97 Å². The molecule has 8 heteroatoms. The van der Waals surface area contributed by atoms with E-state index < -0.39 is 11.8 Å². The van der Waals surface area contributed by atoms with E-state index in [2.05, 4.69) is 63.6 Å². The minimum absolute atomic E-state index is 0.0993. The number of fused-ring (bicyclic) bond motifs is 1. The fourth-order valence-electron chi connectivity index (χ4n) is 5.21. The summed E-state index contributed by atoms with van der Waals surface area (Å²) in [4.78, 5) is 48.3. The Morgan fingerprint density at radius 3 is 2.43 bits per heavy atom. The second-order valence-electron chi connectivity index (χ2n) is 10.3. The summed E-state index contributed by atoms with van der Waals surface area (Å²) in [6.45, 7) is 5.74. The molecule has 0 radical (unpaired) electrons. The molecular weight excluding hydrogens is 466 g/mol. The molecule has 0 aliphatic carbocycles. The number of nitrogens with one attached hydrogen (secondary N) is 3. The van der Waals surface area contributed by atoms with Crippen LogP contribution in [0.3, 0.4) is 0 Å². The van der Waals surface area contributed by atoms with Crippen LogP contribution >= 0.6 is 0 Å². The van der Waals surface area contributed by atoms with Crippen molar-refractivity contribution in [2.45, 2.75) is 51.4 Å². The Kier molecular flexibility index (Phi) is 7.08. The van der Waals surface area contributed by atoms with Crippen molar-refractivity contribution in [1.29, 1.82) is 0 Å². The van der Waals surface area contributed by atoms with Crippen molar-refractivity contribution < 1.29 is 9.59 Å². The molecule has 3 N–H and O–H groups in total. The lowest BCUT2D eigenvalue weighted by molar-refractivity contribution is -0.123. The Morgan fingerprint density at radius 2 is 1.76 bits per heavy atom. The summed E-state index contributed by atoms with van der Waals surface area (Å²) in [6.07, 6.45) is 2.92. The number of rotatable bonds is 6. The van der Waals surface area contributed by atoms with Gasteiger partial charge in [0.15, 0.2) is 0 Å². The SMILES string of the molecule is CC(C)c1ccc(NC(=O)[C@H]2CC(=O)Nc3nc(N4CCC(Cc5ccccc5)CC4)[nH]c(=O)c32)cc1. The van der Waals surface area contributed by atoms with Gasteiger partial charge in [-0.1, -0.05) is 56.3 Å². The minimum atomic E-state index is -0.907. The van der Waals surface area contributed by atoms with Crippen LogP contribution < -0.4 is 21.1 Å². The number of H-pyrrole nitrogens is 1. The summed E-state index contributed by atoms with van der Waals surface area (Å²) in [5, 5.41) is 5.57. The Labute approximate surface area is 216 Å². The molecule has 1 atom stereocenters. The summed E-state index contributed by atoms with van der Waals surface area (Å²) in [6, 6.07) is 18.1. The molecule has 0 spiro atoms. The van der Waals surface area contributed by atoms with Crippen LogP contribution in [0.25, 0.3) is 0 Å². The van der Waals surface area contributed by atoms with Crippen molar-refractivity contribution in [2.75, 3.05) is 28.6 Å². The molecule has 37 heavy (non-hydrogen) atoms. The quantitative estimate of drug-likeness (QED) is 0.466. The molecule has 3 heterocycles. The van der Waals surface area contributed by atoms with Gasteiger partial charge in [-0.2, -0.15) is 4.98 Å². The van der Waals surface area contributed by atoms with Gasteiger partial charge in [-0.05, 0) is 54.4 Å². The Morgan fingerprint density at radius 1 is 1.05 bits per heavy atom. The first-order chi connectivity index (χ1) is 17.9. The van der Waals surface area contributed by atoms with Gasteiger partial charge in [0, 0.05) is 25.2 Å². The molecular formula is C29H33N5O3. The van der Waals surface area contributed by atoms with Crippen molar-refractivity contribution in [3.63, 3.8) is 0 Å². The van der Waals surface area contributed by atoms with E-state index in [-0.39, 0.29) is 29.3 Å². The molecule has 8 nitrogen and oxygen atoms in total. The number of carbonyl (C=O) groups excluding carboxylic acids is 2. The van der Waals surface area contributed by atoms with Crippen molar-refractivity contribution in [3.8, 4) is 0 Å². The lowest BCUT2D eigenvalue weighted by Crippen LogP contribution is -2.40. The van der Waals surface area contributed by atoms with E-state index in [1.165, 1.54) is 5.56 Å². The third-order valence-corrected chi connectivity index (χ3v) is 7.38. The molecule has 3 aromatic rings. The number of amides is 2. The van der Waals surface area contributed by atoms with E-state index in [4.69, 9.17) is 0 Å². The zero-order valence-electron chi connectivity index (χ0n) is 21.3. The molecule has 0 unspecified atom stereocenters. The van der Waals surface area contributed by atoms with Crippen molar-refractivity contribution in [3.05, 3.63) is 81.6 Å². The van der Waals surface area contributed by atoms with Gasteiger partial charge >= 0.3 is 0 Å². The summed E-state index contributed by atoms with van der Waals surface area (Å²) >= 11 is 0. The molecule has 1 aromatic heterocycles. The van der Waals surface area contributed by atoms with Gasteiger partial charge in [0.1, 0.15) is 5.82 Å². The average Bonchev–Trinajstić information content (AvgIpc) is 2.89. The highest BCUT2D eigenvalue weighted by Crippen LogP contribution is 2.31. The number of aromatic amines is 1. The largest absolute Gasteiger partial charge is 0.342 e. The number of hydrogen-bond donors (Lipinski definition) is 3. The molecule has 192 valence electrons. The molecule has 5 rings (SSSR count). The number of piperidine rings is 1. The highest BCUT2D eigenvalue weighted by atomic mass is 16.2. The van der Waals surface area contributed by atoms with Crippen LogP contribution in [0.2, 0.25) is 0 Å². The van der Waals surface area contributed by atoms with Crippen LogP contribution in [-0.2, 0) is 16.0 Å². The lowest BCUT2D eigenvalue weighted by Gasteiger charge is -2.33. The highest BCUT2D eigenvalue weighted by molar-refractivity contribution is 6.04. The van der Waals surface area contributed by atoms with Crippen LogP contribution in [0.1, 0.15) is 61.6 Å². The molecule has 2 aromatic carbocycles. The Balaban J connectivity index is 1.30. The standard InChI is InChI=1S/C29H33N5O3/c1-18(2)21-8-10-22(11-9-21)30-27(36)23-17-24(35)31-26-25(23)28(37)33-29(32-26)34-14-12-20(13-15-34)16-19-6-4-3-5-7-19/h3-11,18,20,23H,12-17H2,1-2H3,(H,30,36)(H2,31,32,33,35,37)/t23-/m0/s1. The zero-order chi connectivity index (χ0) is 25.9. The summed E-state index contributed by atoms with van der Waals surface area (Å²) in [7, 11) is 0. The number of aromatic nitrogens is 2. The van der Waals surface area contributed by atoms with Gasteiger partial charge in [0.25, 0.3) is 5.56 Å². The van der Waals surface area contributed by atoms with Gasteiger partial charge in [-0.25, -0.2) is 0 Å². The maximum absolute atomic E-state index is 13.2. The lowest BCUT2D eigenvalue weighted by atomic mass is 9.90. The van der Waals surface area contributed by atoms with Crippen LogP contribution in [0.15, 0.2) is 59.4 Å². The van der Waals surface area contributed by atoms with Gasteiger partial charge in [-0.15, -0.1) is 0 Å². The second-order valence-corrected chi connectivity index (χ2v) is 10.3. The number of nitrogens with zero attached hydrogens (tertiary/aromatic N) is 2. The predicted molar refractivity (Wildman–Crippen MR) is 145 cm³/mol. The fourth-order valence-corrected chi connectivity index (χ4v) is 5.21. The normalized spacial score (nSPS) is 17.9. The first-order valence-corrected chi connectivity index (χ1v) is 13.0. The number of hydrogen-bond acceptors (Lipinski definition) is 5. The van der Waals surface area contributed by atoms with Crippen molar-refractivity contribution in [2.24, 2.45) is 5.92 Å². The molecule has 0 saturated carbocycles. The second kappa shape index (κ2) is 10.6. The third-order valence-electron chi connectivity index (χ3n) is 7.38. The molecule has 2 aliphatic rings. The molecule has 0 bridgehead atoms. The van der Waals surface area contributed by atoms with E-state index in [1.807, 2.05) is 30.3 Å².